The SMILES string of the molecule is Cc1ccc(SCCNC(=O)Cn2cnc3sc(C)c(C)c3c2=O)cc1. The zero-order chi connectivity index (χ0) is 18.7. The van der Waals surface area contributed by atoms with Crippen LogP contribution in [0.15, 0.2) is 40.3 Å². The zero-order valence-electron chi connectivity index (χ0n) is 15.0. The summed E-state index contributed by atoms with van der Waals surface area (Å²) in [4.78, 5) is 32.0. The van der Waals surface area contributed by atoms with E-state index in [2.05, 4.69) is 41.5 Å². The molecule has 7 heteroatoms. The highest BCUT2D eigenvalue weighted by Gasteiger charge is 2.13. The minimum absolute atomic E-state index is 0.00863. The summed E-state index contributed by atoms with van der Waals surface area (Å²) in [7, 11) is 0. The molecular weight excluding hydrogens is 366 g/mol. The minimum atomic E-state index is -0.178. The number of amides is 1. The van der Waals surface area contributed by atoms with Crippen LogP contribution in [-0.4, -0.2) is 27.8 Å². The van der Waals surface area contributed by atoms with Crippen molar-refractivity contribution in [2.45, 2.75) is 32.2 Å². The van der Waals surface area contributed by atoms with Gasteiger partial charge in [-0.2, -0.15) is 0 Å². The van der Waals surface area contributed by atoms with Crippen LogP contribution >= 0.6 is 23.1 Å². The first-order valence-electron chi connectivity index (χ1n) is 8.37. The molecule has 2 aromatic heterocycles. The molecule has 0 fully saturated rings. The van der Waals surface area contributed by atoms with E-state index in [-0.39, 0.29) is 18.0 Å². The summed E-state index contributed by atoms with van der Waals surface area (Å²) >= 11 is 3.20. The summed E-state index contributed by atoms with van der Waals surface area (Å²) in [6.07, 6.45) is 1.46. The van der Waals surface area contributed by atoms with E-state index in [1.807, 2.05) is 13.8 Å². The van der Waals surface area contributed by atoms with Gasteiger partial charge in [-0.25, -0.2) is 4.98 Å². The van der Waals surface area contributed by atoms with E-state index in [0.29, 0.717) is 11.9 Å². The maximum absolute atomic E-state index is 12.6. The van der Waals surface area contributed by atoms with Crippen LogP contribution in [0.25, 0.3) is 10.2 Å². The van der Waals surface area contributed by atoms with Gasteiger partial charge >= 0.3 is 0 Å². The number of hydrogen-bond acceptors (Lipinski definition) is 5. The van der Waals surface area contributed by atoms with E-state index in [1.54, 1.807) is 11.8 Å². The summed E-state index contributed by atoms with van der Waals surface area (Å²) in [5, 5.41) is 3.49. The predicted octanol–water partition coefficient (Wildman–Crippen LogP) is 3.29. The molecule has 1 amide bonds. The standard InChI is InChI=1S/C19H21N3O2S2/c1-12-4-6-15(7-5-12)25-9-8-20-16(23)10-22-11-21-18-17(19(22)24)13(2)14(3)26-18/h4-7,11H,8-10H2,1-3H3,(H,20,23). The number of rotatable bonds is 6. The number of aromatic nitrogens is 2. The number of thiophene rings is 1. The van der Waals surface area contributed by atoms with E-state index >= 15 is 0 Å². The summed E-state index contributed by atoms with van der Waals surface area (Å²) in [6, 6.07) is 8.30. The number of nitrogens with zero attached hydrogens (tertiary/aromatic N) is 2. The lowest BCUT2D eigenvalue weighted by atomic mass is 10.2. The van der Waals surface area contributed by atoms with Crippen LogP contribution in [0.2, 0.25) is 0 Å². The fraction of sp³-hybridized carbons (Fsp3) is 0.316. The molecule has 5 nitrogen and oxygen atoms in total. The first-order valence-corrected chi connectivity index (χ1v) is 10.2. The molecule has 3 rings (SSSR count). The number of carbonyl (C=O) groups excluding carboxylic acids is 1. The summed E-state index contributed by atoms with van der Waals surface area (Å²) < 4.78 is 1.38. The number of fused-ring (bicyclic) bond motifs is 1. The monoisotopic (exact) mass is 387 g/mol. The molecule has 136 valence electrons. The van der Waals surface area contributed by atoms with Crippen LogP contribution in [0.5, 0.6) is 0 Å². The molecule has 0 atom stereocenters. The fourth-order valence-electron chi connectivity index (χ4n) is 2.59. The van der Waals surface area contributed by atoms with Crippen molar-refractivity contribution in [1.82, 2.24) is 14.9 Å². The van der Waals surface area contributed by atoms with Crippen molar-refractivity contribution in [3.8, 4) is 0 Å². The lowest BCUT2D eigenvalue weighted by Crippen LogP contribution is -2.33. The molecule has 0 saturated heterocycles. The first-order chi connectivity index (χ1) is 12.5. The Morgan fingerprint density at radius 2 is 1.96 bits per heavy atom. The lowest BCUT2D eigenvalue weighted by Gasteiger charge is -2.07. The molecule has 1 N–H and O–H groups in total. The fourth-order valence-corrected chi connectivity index (χ4v) is 4.34. The van der Waals surface area contributed by atoms with E-state index in [4.69, 9.17) is 0 Å². The molecule has 0 aliphatic carbocycles. The van der Waals surface area contributed by atoms with Gasteiger partial charge in [0.1, 0.15) is 11.4 Å². The van der Waals surface area contributed by atoms with Crippen LogP contribution < -0.4 is 10.9 Å². The third-order valence-corrected chi connectivity index (χ3v) is 6.31. The largest absolute Gasteiger partial charge is 0.354 e. The lowest BCUT2D eigenvalue weighted by molar-refractivity contribution is -0.121. The number of benzene rings is 1. The zero-order valence-corrected chi connectivity index (χ0v) is 16.7. The number of hydrogen-bond donors (Lipinski definition) is 1. The normalized spacial score (nSPS) is 11.0. The molecule has 0 spiro atoms. The summed E-state index contributed by atoms with van der Waals surface area (Å²) in [6.45, 7) is 6.50. The second-order valence-electron chi connectivity index (χ2n) is 6.15. The molecule has 3 aromatic rings. The smallest absolute Gasteiger partial charge is 0.262 e. The number of aryl methyl sites for hydroxylation is 3. The number of nitrogens with one attached hydrogen (secondary N) is 1. The molecular formula is C19H21N3O2S2. The minimum Gasteiger partial charge on any atom is -0.354 e. The molecule has 0 aliphatic rings. The Bertz CT molecular complexity index is 990. The van der Waals surface area contributed by atoms with Gasteiger partial charge < -0.3 is 5.32 Å². The van der Waals surface area contributed by atoms with Gasteiger partial charge in [-0.05, 0) is 38.5 Å². The Labute approximate surface area is 160 Å². The summed E-state index contributed by atoms with van der Waals surface area (Å²) in [5.74, 6) is 0.603. The number of thioether (sulfide) groups is 1. The van der Waals surface area contributed by atoms with Gasteiger partial charge in [0.05, 0.1) is 11.7 Å². The van der Waals surface area contributed by atoms with Crippen LogP contribution in [0.1, 0.15) is 16.0 Å². The van der Waals surface area contributed by atoms with Gasteiger partial charge in [0.25, 0.3) is 5.56 Å². The van der Waals surface area contributed by atoms with Gasteiger partial charge in [-0.1, -0.05) is 17.7 Å². The predicted molar refractivity (Wildman–Crippen MR) is 108 cm³/mol. The van der Waals surface area contributed by atoms with Gasteiger partial charge in [0.15, 0.2) is 0 Å². The van der Waals surface area contributed by atoms with E-state index < -0.39 is 0 Å². The highest BCUT2D eigenvalue weighted by Crippen LogP contribution is 2.25. The summed E-state index contributed by atoms with van der Waals surface area (Å²) in [5.41, 5.74) is 2.03. The van der Waals surface area contributed by atoms with Crippen molar-refractivity contribution in [3.05, 3.63) is 57.0 Å². The molecule has 1 aromatic carbocycles. The molecule has 0 bridgehead atoms. The van der Waals surface area contributed by atoms with Crippen molar-refractivity contribution < 1.29 is 4.79 Å². The second kappa shape index (κ2) is 8.05. The Balaban J connectivity index is 1.56. The Hall–Kier alpha value is -2.12. The van der Waals surface area contributed by atoms with Gasteiger partial charge in [-0.15, -0.1) is 23.1 Å². The first kappa shape index (κ1) is 18.7. The third-order valence-electron chi connectivity index (χ3n) is 4.18. The van der Waals surface area contributed by atoms with Crippen molar-refractivity contribution in [3.63, 3.8) is 0 Å². The van der Waals surface area contributed by atoms with Crippen molar-refractivity contribution in [2.75, 3.05) is 12.3 Å². The van der Waals surface area contributed by atoms with Crippen LogP contribution in [0.3, 0.4) is 0 Å². The van der Waals surface area contributed by atoms with Crippen LogP contribution in [0.4, 0.5) is 0 Å². The molecule has 0 unspecified atom stereocenters. The van der Waals surface area contributed by atoms with Gasteiger partial charge in [-0.3, -0.25) is 14.2 Å². The topological polar surface area (TPSA) is 64.0 Å². The average Bonchev–Trinajstić information content (AvgIpc) is 2.91. The quantitative estimate of drug-likeness (QED) is 0.521. The Morgan fingerprint density at radius 3 is 2.69 bits per heavy atom. The second-order valence-corrected chi connectivity index (χ2v) is 8.52. The van der Waals surface area contributed by atoms with Gasteiger partial charge in [0.2, 0.25) is 5.91 Å². The highest BCUT2D eigenvalue weighted by molar-refractivity contribution is 7.99. The highest BCUT2D eigenvalue weighted by atomic mass is 32.2. The molecule has 0 saturated carbocycles. The van der Waals surface area contributed by atoms with Crippen LogP contribution in [-0.2, 0) is 11.3 Å². The number of carbonyl (C=O) groups is 1. The Kier molecular flexibility index (Phi) is 5.78. The maximum atomic E-state index is 12.6. The average molecular weight is 388 g/mol. The third kappa shape index (κ3) is 4.16. The molecule has 0 aliphatic heterocycles. The van der Waals surface area contributed by atoms with E-state index in [9.17, 15) is 9.59 Å². The van der Waals surface area contributed by atoms with E-state index in [1.165, 1.54) is 32.7 Å². The van der Waals surface area contributed by atoms with Crippen molar-refractivity contribution in [2.24, 2.45) is 0 Å². The molecule has 0 radical (unpaired) electrons. The van der Waals surface area contributed by atoms with Crippen molar-refractivity contribution >= 4 is 39.2 Å². The van der Waals surface area contributed by atoms with E-state index in [0.717, 1.165) is 21.0 Å². The molecule has 2 heterocycles. The Morgan fingerprint density at radius 1 is 1.23 bits per heavy atom. The maximum Gasteiger partial charge on any atom is 0.262 e. The van der Waals surface area contributed by atoms with Crippen LogP contribution in [0, 0.1) is 20.8 Å². The van der Waals surface area contributed by atoms with Crippen molar-refractivity contribution in [1.29, 1.82) is 0 Å². The molecule has 26 heavy (non-hydrogen) atoms. The van der Waals surface area contributed by atoms with Gasteiger partial charge in [0, 0.05) is 22.1 Å².